The number of halogens is 2. The van der Waals surface area contributed by atoms with E-state index in [1.54, 1.807) is 12.1 Å². The summed E-state index contributed by atoms with van der Waals surface area (Å²) in [5.74, 6) is -2.56. The quantitative estimate of drug-likeness (QED) is 0.756. The van der Waals surface area contributed by atoms with Crippen LogP contribution in [0.25, 0.3) is 0 Å². The van der Waals surface area contributed by atoms with Crippen LogP contribution >= 0.6 is 11.8 Å². The molecule has 0 saturated heterocycles. The van der Waals surface area contributed by atoms with Crippen molar-refractivity contribution in [1.29, 1.82) is 5.26 Å². The first-order valence-corrected chi connectivity index (χ1v) is 8.05. The third-order valence-corrected chi connectivity index (χ3v) is 3.92. The zero-order valence-electron chi connectivity index (χ0n) is 13.1. The van der Waals surface area contributed by atoms with Crippen molar-refractivity contribution in [2.75, 3.05) is 4.90 Å². The number of nitriles is 1. The topological polar surface area (TPSA) is 57.0 Å². The van der Waals surface area contributed by atoms with E-state index >= 15 is 0 Å². The minimum absolute atomic E-state index is 0.227. The van der Waals surface area contributed by atoms with Gasteiger partial charge in [-0.1, -0.05) is 11.8 Å². The fourth-order valence-corrected chi connectivity index (χ4v) is 2.67. The van der Waals surface area contributed by atoms with Crippen molar-refractivity contribution in [1.82, 2.24) is 4.98 Å². The van der Waals surface area contributed by atoms with Gasteiger partial charge in [0.15, 0.2) is 5.82 Å². The second-order valence-corrected chi connectivity index (χ2v) is 6.22. The molecule has 0 aliphatic carbocycles. The lowest BCUT2D eigenvalue weighted by atomic mass is 10.1. The maximum Gasteiger partial charge on any atom is 0.288 e. The summed E-state index contributed by atoms with van der Waals surface area (Å²) < 4.78 is 24.7. The van der Waals surface area contributed by atoms with Crippen LogP contribution in [0.1, 0.15) is 29.8 Å². The number of benzene rings is 1. The number of alkyl halides is 2. The Morgan fingerprint density at radius 3 is 2.46 bits per heavy atom. The van der Waals surface area contributed by atoms with Crippen molar-refractivity contribution in [2.24, 2.45) is 0 Å². The number of rotatable bonds is 5. The molecule has 1 aromatic heterocycles. The summed E-state index contributed by atoms with van der Waals surface area (Å²) in [6.07, 6.45) is 1.52. The number of anilines is 1. The summed E-state index contributed by atoms with van der Waals surface area (Å²) in [5, 5.41) is 9.22. The Kier molecular flexibility index (Phi) is 5.88. The Bertz CT molecular complexity index is 757. The predicted octanol–water partition coefficient (Wildman–Crippen LogP) is 4.32. The molecular formula is C17H15F2N3OS. The van der Waals surface area contributed by atoms with Crippen LogP contribution in [0.3, 0.4) is 0 Å². The van der Waals surface area contributed by atoms with Gasteiger partial charge in [0, 0.05) is 22.7 Å². The summed E-state index contributed by atoms with van der Waals surface area (Å²) >= 11 is 0.422. The van der Waals surface area contributed by atoms with Gasteiger partial charge in [0.25, 0.3) is 11.7 Å². The predicted molar refractivity (Wildman–Crippen MR) is 89.2 cm³/mol. The molecule has 0 aliphatic rings. The van der Waals surface area contributed by atoms with Gasteiger partial charge in [-0.3, -0.25) is 9.69 Å². The highest BCUT2D eigenvalue weighted by molar-refractivity contribution is 7.99. The monoisotopic (exact) mass is 347 g/mol. The number of carbonyl (C=O) groups is 1. The molecule has 0 spiro atoms. The number of carbonyl (C=O) groups excluding carboxylic acids is 1. The van der Waals surface area contributed by atoms with Gasteiger partial charge in [-0.15, -0.1) is 0 Å². The van der Waals surface area contributed by atoms with Gasteiger partial charge < -0.3 is 0 Å². The summed E-state index contributed by atoms with van der Waals surface area (Å²) in [5.41, 5.74) is 0.640. The van der Waals surface area contributed by atoms with Crippen LogP contribution in [0.5, 0.6) is 0 Å². The van der Waals surface area contributed by atoms with Gasteiger partial charge in [0.05, 0.1) is 5.56 Å². The van der Waals surface area contributed by atoms with E-state index in [-0.39, 0.29) is 17.8 Å². The van der Waals surface area contributed by atoms with Crippen molar-refractivity contribution in [3.05, 3.63) is 53.7 Å². The molecule has 2 rings (SSSR count). The minimum Gasteiger partial charge on any atom is -0.289 e. The van der Waals surface area contributed by atoms with Crippen molar-refractivity contribution in [2.45, 2.75) is 30.5 Å². The fraction of sp³-hybridized carbons (Fsp3) is 0.235. The molecule has 0 fully saturated rings. The molecular weight excluding hydrogens is 332 g/mol. The van der Waals surface area contributed by atoms with Crippen LogP contribution in [0.4, 0.5) is 14.6 Å². The summed E-state index contributed by atoms with van der Waals surface area (Å²) in [7, 11) is 0. The van der Waals surface area contributed by atoms with Gasteiger partial charge >= 0.3 is 0 Å². The van der Waals surface area contributed by atoms with Crippen LogP contribution < -0.4 is 4.90 Å². The normalized spacial score (nSPS) is 10.7. The smallest absolute Gasteiger partial charge is 0.288 e. The molecule has 0 unspecified atom stereocenters. The summed E-state index contributed by atoms with van der Waals surface area (Å²) in [6, 6.07) is 11.0. The van der Waals surface area contributed by atoms with Gasteiger partial charge in [-0.25, -0.2) is 4.98 Å². The second-order valence-electron chi connectivity index (χ2n) is 5.16. The fourth-order valence-electron chi connectivity index (χ4n) is 2.17. The average molecular weight is 347 g/mol. The van der Waals surface area contributed by atoms with Crippen LogP contribution in [0, 0.1) is 11.3 Å². The Balaban J connectivity index is 2.35. The van der Waals surface area contributed by atoms with Gasteiger partial charge in [-0.2, -0.15) is 14.0 Å². The number of hydrogen-bond donors (Lipinski definition) is 0. The molecule has 0 bridgehead atoms. The van der Waals surface area contributed by atoms with Gasteiger partial charge in [-0.05, 0) is 50.2 Å². The maximum absolute atomic E-state index is 12.8. The first-order chi connectivity index (χ1) is 11.4. The molecule has 2 aromatic rings. The Labute approximate surface area is 143 Å². The SMILES string of the molecule is CC(C)N(C(=O)c1ccc(SC(F)F)cc1)c1ncccc1C#N. The molecule has 1 aromatic carbocycles. The molecule has 0 atom stereocenters. The number of aromatic nitrogens is 1. The lowest BCUT2D eigenvalue weighted by Gasteiger charge is -2.26. The van der Waals surface area contributed by atoms with Crippen molar-refractivity contribution in [3.8, 4) is 6.07 Å². The highest BCUT2D eigenvalue weighted by Gasteiger charge is 2.24. The van der Waals surface area contributed by atoms with Crippen LogP contribution in [-0.2, 0) is 0 Å². The number of amides is 1. The molecule has 0 aliphatic heterocycles. The summed E-state index contributed by atoms with van der Waals surface area (Å²) in [6.45, 7) is 3.63. The van der Waals surface area contributed by atoms with E-state index < -0.39 is 5.76 Å². The molecule has 1 amide bonds. The van der Waals surface area contributed by atoms with Gasteiger partial charge in [0.1, 0.15) is 6.07 Å². The van der Waals surface area contributed by atoms with Crippen LogP contribution in [0.15, 0.2) is 47.5 Å². The number of thioether (sulfide) groups is 1. The van der Waals surface area contributed by atoms with E-state index in [1.807, 2.05) is 19.9 Å². The Morgan fingerprint density at radius 2 is 1.92 bits per heavy atom. The lowest BCUT2D eigenvalue weighted by molar-refractivity contribution is 0.0979. The molecule has 124 valence electrons. The minimum atomic E-state index is -2.51. The Hall–Kier alpha value is -2.46. The maximum atomic E-state index is 12.8. The van der Waals surface area contributed by atoms with E-state index in [2.05, 4.69) is 4.98 Å². The third-order valence-electron chi connectivity index (χ3n) is 3.20. The molecule has 0 N–H and O–H groups in total. The molecule has 7 heteroatoms. The third kappa shape index (κ3) is 4.09. The zero-order valence-corrected chi connectivity index (χ0v) is 13.9. The average Bonchev–Trinajstić information content (AvgIpc) is 2.55. The van der Waals surface area contributed by atoms with Crippen LogP contribution in [-0.4, -0.2) is 22.7 Å². The van der Waals surface area contributed by atoms with E-state index in [4.69, 9.17) is 0 Å². The standard InChI is InChI=1S/C17H15F2N3OS/c1-11(2)22(15-13(10-20)4-3-9-21-15)16(23)12-5-7-14(8-6-12)24-17(18)19/h3-9,11,17H,1-2H3. The first kappa shape index (κ1) is 17.9. The molecule has 0 saturated carbocycles. The van der Waals surface area contributed by atoms with E-state index in [9.17, 15) is 18.8 Å². The molecule has 24 heavy (non-hydrogen) atoms. The molecule has 0 radical (unpaired) electrons. The Morgan fingerprint density at radius 1 is 1.25 bits per heavy atom. The van der Waals surface area contributed by atoms with E-state index in [1.165, 1.54) is 35.4 Å². The second kappa shape index (κ2) is 7.88. The largest absolute Gasteiger partial charge is 0.289 e. The number of hydrogen-bond acceptors (Lipinski definition) is 4. The number of pyridine rings is 1. The molecule has 1 heterocycles. The highest BCUT2D eigenvalue weighted by atomic mass is 32.2. The first-order valence-electron chi connectivity index (χ1n) is 7.17. The number of nitrogens with zero attached hydrogens (tertiary/aromatic N) is 3. The lowest BCUT2D eigenvalue weighted by Crippen LogP contribution is -2.38. The van der Waals surface area contributed by atoms with Crippen LogP contribution in [0.2, 0.25) is 0 Å². The van der Waals surface area contributed by atoms with Crippen molar-refractivity contribution in [3.63, 3.8) is 0 Å². The van der Waals surface area contributed by atoms with E-state index in [0.29, 0.717) is 27.8 Å². The van der Waals surface area contributed by atoms with Crippen molar-refractivity contribution >= 4 is 23.5 Å². The zero-order chi connectivity index (χ0) is 17.7. The van der Waals surface area contributed by atoms with Crippen molar-refractivity contribution < 1.29 is 13.6 Å². The summed E-state index contributed by atoms with van der Waals surface area (Å²) in [4.78, 5) is 18.8. The van der Waals surface area contributed by atoms with Gasteiger partial charge in [0.2, 0.25) is 0 Å². The molecule has 4 nitrogen and oxygen atoms in total. The highest BCUT2D eigenvalue weighted by Crippen LogP contribution is 2.26. The van der Waals surface area contributed by atoms with E-state index in [0.717, 1.165) is 0 Å².